The Hall–Kier alpha value is -2.10. The zero-order chi connectivity index (χ0) is 14.5. The third kappa shape index (κ3) is 2.46. The molecule has 0 saturated heterocycles. The second-order valence-corrected chi connectivity index (χ2v) is 4.63. The van der Waals surface area contributed by atoms with E-state index in [9.17, 15) is 9.59 Å². The lowest BCUT2D eigenvalue weighted by Crippen LogP contribution is -2.07. The van der Waals surface area contributed by atoms with Gasteiger partial charge in [0.05, 0.1) is 23.3 Å². The Balaban J connectivity index is 2.65. The van der Waals surface area contributed by atoms with Crippen molar-refractivity contribution >= 4 is 17.8 Å². The van der Waals surface area contributed by atoms with Crippen LogP contribution < -0.4 is 0 Å². The molecule has 0 aliphatic heterocycles. The number of hydrogen-bond acceptors (Lipinski definition) is 3. The summed E-state index contributed by atoms with van der Waals surface area (Å²) in [6.45, 7) is 4.16. The Labute approximate surface area is 118 Å². The summed E-state index contributed by atoms with van der Waals surface area (Å²) in [6, 6.07) is 5.59. The maximum atomic E-state index is 12.1. The number of aromatic nitrogens is 1. The molecule has 0 aromatic carbocycles. The van der Waals surface area contributed by atoms with Gasteiger partial charge < -0.3 is 9.14 Å². The van der Waals surface area contributed by atoms with Crippen LogP contribution >= 0.6 is 0 Å². The number of rotatable bonds is 6. The summed E-state index contributed by atoms with van der Waals surface area (Å²) in [4.78, 5) is 23.6. The number of aldehydes is 1. The third-order valence-electron chi connectivity index (χ3n) is 3.35. The van der Waals surface area contributed by atoms with E-state index in [0.717, 1.165) is 36.8 Å². The number of carbonyl (C=O) groups is 2. The van der Waals surface area contributed by atoms with Crippen LogP contribution in [-0.2, 0) is 11.2 Å². The topological polar surface area (TPSA) is 47.8 Å². The largest absolute Gasteiger partial charge is 0.462 e. The van der Waals surface area contributed by atoms with Crippen molar-refractivity contribution in [1.29, 1.82) is 0 Å². The van der Waals surface area contributed by atoms with E-state index in [0.29, 0.717) is 17.7 Å². The van der Waals surface area contributed by atoms with Gasteiger partial charge in [0.2, 0.25) is 0 Å². The molecule has 2 aromatic heterocycles. The van der Waals surface area contributed by atoms with E-state index in [-0.39, 0.29) is 0 Å². The second kappa shape index (κ2) is 6.37. The zero-order valence-corrected chi connectivity index (χ0v) is 11.9. The molecule has 106 valence electrons. The van der Waals surface area contributed by atoms with Crippen LogP contribution in [0.4, 0.5) is 0 Å². The number of ether oxygens (including phenoxy) is 1. The minimum atomic E-state index is -0.430. The van der Waals surface area contributed by atoms with Crippen molar-refractivity contribution in [1.82, 2.24) is 4.40 Å². The molecule has 0 fully saturated rings. The van der Waals surface area contributed by atoms with E-state index in [1.807, 2.05) is 28.8 Å². The van der Waals surface area contributed by atoms with E-state index in [1.165, 1.54) is 0 Å². The number of fused-ring (bicyclic) bond motifs is 1. The highest BCUT2D eigenvalue weighted by Gasteiger charge is 2.23. The highest BCUT2D eigenvalue weighted by atomic mass is 16.5. The highest BCUT2D eigenvalue weighted by molar-refractivity contribution is 6.06. The minimum Gasteiger partial charge on any atom is -0.462 e. The number of esters is 1. The lowest BCUT2D eigenvalue weighted by Gasteiger charge is -2.02. The standard InChI is InChI=1S/C16H19NO3/c1-3-5-8-13-12(11-18)15(16(19)20-4-2)14-9-6-7-10-17(13)14/h6-7,9-11H,3-5,8H2,1-2H3. The van der Waals surface area contributed by atoms with E-state index >= 15 is 0 Å². The summed E-state index contributed by atoms with van der Waals surface area (Å²) in [7, 11) is 0. The molecule has 0 bridgehead atoms. The predicted octanol–water partition coefficient (Wildman–Crippen LogP) is 3.27. The van der Waals surface area contributed by atoms with Gasteiger partial charge in [0, 0.05) is 11.9 Å². The van der Waals surface area contributed by atoms with E-state index < -0.39 is 5.97 Å². The number of nitrogens with zero attached hydrogens (tertiary/aromatic N) is 1. The Morgan fingerprint density at radius 2 is 2.15 bits per heavy atom. The maximum Gasteiger partial charge on any atom is 0.341 e. The van der Waals surface area contributed by atoms with Crippen molar-refractivity contribution in [2.24, 2.45) is 0 Å². The predicted molar refractivity (Wildman–Crippen MR) is 77.4 cm³/mol. The first-order valence-electron chi connectivity index (χ1n) is 6.98. The molecule has 0 radical (unpaired) electrons. The van der Waals surface area contributed by atoms with Crippen molar-refractivity contribution in [3.63, 3.8) is 0 Å². The zero-order valence-electron chi connectivity index (χ0n) is 11.9. The summed E-state index contributed by atoms with van der Waals surface area (Å²) < 4.78 is 7.01. The summed E-state index contributed by atoms with van der Waals surface area (Å²) in [5.41, 5.74) is 2.47. The van der Waals surface area contributed by atoms with Gasteiger partial charge in [-0.3, -0.25) is 4.79 Å². The quantitative estimate of drug-likeness (QED) is 0.599. The average Bonchev–Trinajstić information content (AvgIpc) is 2.79. The van der Waals surface area contributed by atoms with Crippen molar-refractivity contribution in [3.05, 3.63) is 41.2 Å². The van der Waals surface area contributed by atoms with Gasteiger partial charge >= 0.3 is 5.97 Å². The fourth-order valence-corrected chi connectivity index (χ4v) is 2.44. The molecular weight excluding hydrogens is 254 g/mol. The summed E-state index contributed by atoms with van der Waals surface area (Å²) in [5.74, 6) is -0.430. The highest BCUT2D eigenvalue weighted by Crippen LogP contribution is 2.25. The van der Waals surface area contributed by atoms with Crippen molar-refractivity contribution in [2.45, 2.75) is 33.1 Å². The molecule has 0 saturated carbocycles. The van der Waals surface area contributed by atoms with Gasteiger partial charge in [0.1, 0.15) is 0 Å². The van der Waals surface area contributed by atoms with E-state index in [2.05, 4.69) is 6.92 Å². The number of pyridine rings is 1. The first-order chi connectivity index (χ1) is 9.74. The Kier molecular flexibility index (Phi) is 4.56. The summed E-state index contributed by atoms with van der Waals surface area (Å²) >= 11 is 0. The molecule has 0 aliphatic rings. The number of carbonyl (C=O) groups excluding carboxylic acids is 2. The van der Waals surface area contributed by atoms with Gasteiger partial charge in [0.15, 0.2) is 6.29 Å². The Bertz CT molecular complexity index is 628. The van der Waals surface area contributed by atoms with Crippen molar-refractivity contribution in [3.8, 4) is 0 Å². The van der Waals surface area contributed by atoms with Crippen LogP contribution in [0.25, 0.3) is 5.52 Å². The molecule has 0 unspecified atom stereocenters. The van der Waals surface area contributed by atoms with Crippen LogP contribution in [0.2, 0.25) is 0 Å². The normalized spacial score (nSPS) is 10.7. The van der Waals surface area contributed by atoms with Crippen LogP contribution in [0.15, 0.2) is 24.4 Å². The molecule has 2 heterocycles. The molecule has 0 amide bonds. The lowest BCUT2D eigenvalue weighted by molar-refractivity contribution is 0.0526. The summed E-state index contributed by atoms with van der Waals surface area (Å²) in [5, 5.41) is 0. The monoisotopic (exact) mass is 273 g/mol. The molecule has 2 aromatic rings. The molecule has 0 aliphatic carbocycles. The fraction of sp³-hybridized carbons (Fsp3) is 0.375. The van der Waals surface area contributed by atoms with Crippen LogP contribution in [0.1, 0.15) is 53.1 Å². The second-order valence-electron chi connectivity index (χ2n) is 4.63. The van der Waals surface area contributed by atoms with Crippen LogP contribution in [0.3, 0.4) is 0 Å². The van der Waals surface area contributed by atoms with Gasteiger partial charge in [-0.2, -0.15) is 0 Å². The van der Waals surface area contributed by atoms with Gasteiger partial charge in [-0.15, -0.1) is 0 Å². The maximum absolute atomic E-state index is 12.1. The molecule has 0 N–H and O–H groups in total. The van der Waals surface area contributed by atoms with E-state index in [4.69, 9.17) is 4.74 Å². The average molecular weight is 273 g/mol. The van der Waals surface area contributed by atoms with Crippen LogP contribution in [0.5, 0.6) is 0 Å². The third-order valence-corrected chi connectivity index (χ3v) is 3.35. The van der Waals surface area contributed by atoms with Crippen LogP contribution in [0, 0.1) is 0 Å². The first kappa shape index (κ1) is 14.3. The number of aryl methyl sites for hydroxylation is 1. The molecule has 0 atom stereocenters. The molecular formula is C16H19NO3. The van der Waals surface area contributed by atoms with Gasteiger partial charge in [0.25, 0.3) is 0 Å². The molecule has 20 heavy (non-hydrogen) atoms. The van der Waals surface area contributed by atoms with E-state index in [1.54, 1.807) is 6.92 Å². The van der Waals surface area contributed by atoms with Crippen molar-refractivity contribution < 1.29 is 14.3 Å². The SMILES string of the molecule is CCCCc1c(C=O)c(C(=O)OCC)c2ccccn12. The Morgan fingerprint density at radius 1 is 1.35 bits per heavy atom. The lowest BCUT2D eigenvalue weighted by atomic mass is 10.1. The fourth-order valence-electron chi connectivity index (χ4n) is 2.44. The number of unbranched alkanes of at least 4 members (excludes halogenated alkanes) is 1. The molecule has 2 rings (SSSR count). The minimum absolute atomic E-state index is 0.297. The summed E-state index contributed by atoms with van der Waals surface area (Å²) in [6.07, 6.45) is 5.44. The molecule has 0 spiro atoms. The molecule has 4 nitrogen and oxygen atoms in total. The molecule has 4 heteroatoms. The van der Waals surface area contributed by atoms with Crippen molar-refractivity contribution in [2.75, 3.05) is 6.61 Å². The smallest absolute Gasteiger partial charge is 0.341 e. The van der Waals surface area contributed by atoms with Crippen LogP contribution in [-0.4, -0.2) is 23.3 Å². The number of hydrogen-bond donors (Lipinski definition) is 0. The van der Waals surface area contributed by atoms with Gasteiger partial charge in [-0.1, -0.05) is 19.4 Å². The first-order valence-corrected chi connectivity index (χ1v) is 6.98. The Morgan fingerprint density at radius 3 is 2.80 bits per heavy atom. The van der Waals surface area contributed by atoms with Gasteiger partial charge in [-0.05, 0) is 31.9 Å². The van der Waals surface area contributed by atoms with Gasteiger partial charge in [-0.25, -0.2) is 4.79 Å².